The van der Waals surface area contributed by atoms with E-state index in [1.165, 1.54) is 6.08 Å². The van der Waals surface area contributed by atoms with E-state index in [0.717, 1.165) is 28.7 Å². The van der Waals surface area contributed by atoms with Crippen LogP contribution in [0.5, 0.6) is 11.5 Å². The summed E-state index contributed by atoms with van der Waals surface area (Å²) < 4.78 is 26.1. The van der Waals surface area contributed by atoms with Crippen LogP contribution in [0.15, 0.2) is 53.9 Å². The fraction of sp³-hybridized carbons (Fsp3) is 0.400. The summed E-state index contributed by atoms with van der Waals surface area (Å²) in [5.41, 5.74) is 2.65. The Labute approximate surface area is 218 Å². The number of aryl methyl sites for hydroxylation is 1. The minimum Gasteiger partial charge on any atom is -0.493 e. The number of benzene rings is 2. The SMILES string of the molecule is CCCOc1ccc(C2=CC(C(=O)O)=C(F)CC2(C)C)cc1CNC(=O)c1ccc(OC(C)C)cc1C. The van der Waals surface area contributed by atoms with Crippen molar-refractivity contribution in [2.75, 3.05) is 6.61 Å². The lowest BCUT2D eigenvalue weighted by molar-refractivity contribution is -0.132. The molecule has 0 spiro atoms. The molecular formula is C30H36FNO5. The number of rotatable bonds is 10. The summed E-state index contributed by atoms with van der Waals surface area (Å²) in [5.74, 6) is -0.798. The van der Waals surface area contributed by atoms with Crippen molar-refractivity contribution < 1.29 is 28.6 Å². The van der Waals surface area contributed by atoms with E-state index in [9.17, 15) is 19.1 Å². The summed E-state index contributed by atoms with van der Waals surface area (Å²) in [5, 5.41) is 12.4. The third kappa shape index (κ3) is 6.79. The molecule has 0 bridgehead atoms. The van der Waals surface area contributed by atoms with E-state index < -0.39 is 17.2 Å². The molecule has 2 aromatic rings. The zero-order valence-corrected chi connectivity index (χ0v) is 22.4. The number of carbonyl (C=O) groups is 2. The molecule has 1 aliphatic carbocycles. The third-order valence-electron chi connectivity index (χ3n) is 6.22. The van der Waals surface area contributed by atoms with Gasteiger partial charge in [0.05, 0.1) is 18.3 Å². The smallest absolute Gasteiger partial charge is 0.338 e. The van der Waals surface area contributed by atoms with Crippen LogP contribution in [0, 0.1) is 12.3 Å². The van der Waals surface area contributed by atoms with Gasteiger partial charge in [0.15, 0.2) is 0 Å². The summed E-state index contributed by atoms with van der Waals surface area (Å²) in [6.07, 6.45) is 2.27. The predicted molar refractivity (Wildman–Crippen MR) is 142 cm³/mol. The average molecular weight is 510 g/mol. The summed E-state index contributed by atoms with van der Waals surface area (Å²) >= 11 is 0. The molecule has 0 heterocycles. The zero-order chi connectivity index (χ0) is 27.3. The molecule has 37 heavy (non-hydrogen) atoms. The Hall–Kier alpha value is -3.61. The summed E-state index contributed by atoms with van der Waals surface area (Å²) in [4.78, 5) is 24.6. The number of carbonyl (C=O) groups excluding carboxylic acids is 1. The van der Waals surface area contributed by atoms with Crippen LogP contribution in [-0.4, -0.2) is 29.7 Å². The first-order valence-corrected chi connectivity index (χ1v) is 12.6. The van der Waals surface area contributed by atoms with Crippen molar-refractivity contribution in [3.8, 4) is 11.5 Å². The number of halogens is 1. The molecule has 7 heteroatoms. The number of nitrogens with one attached hydrogen (secondary N) is 1. The van der Waals surface area contributed by atoms with Crippen molar-refractivity contribution >= 4 is 17.4 Å². The van der Waals surface area contributed by atoms with Gasteiger partial charge in [0.1, 0.15) is 17.3 Å². The number of ether oxygens (including phenoxy) is 2. The molecule has 0 radical (unpaired) electrons. The fourth-order valence-electron chi connectivity index (χ4n) is 4.39. The second-order valence-corrected chi connectivity index (χ2v) is 10.2. The molecule has 0 fully saturated rings. The largest absolute Gasteiger partial charge is 0.493 e. The highest BCUT2D eigenvalue weighted by Gasteiger charge is 2.33. The lowest BCUT2D eigenvalue weighted by Crippen LogP contribution is -2.24. The van der Waals surface area contributed by atoms with Gasteiger partial charge in [-0.25, -0.2) is 9.18 Å². The van der Waals surface area contributed by atoms with E-state index in [0.29, 0.717) is 23.7 Å². The highest BCUT2D eigenvalue weighted by Crippen LogP contribution is 2.45. The first-order chi connectivity index (χ1) is 17.4. The quantitative estimate of drug-likeness (QED) is 0.376. The van der Waals surface area contributed by atoms with E-state index in [2.05, 4.69) is 5.32 Å². The van der Waals surface area contributed by atoms with Gasteiger partial charge in [-0.2, -0.15) is 0 Å². The first-order valence-electron chi connectivity index (χ1n) is 12.6. The molecular weight excluding hydrogens is 473 g/mol. The lowest BCUT2D eigenvalue weighted by Gasteiger charge is -2.32. The summed E-state index contributed by atoms with van der Waals surface area (Å²) in [6, 6.07) is 10.9. The van der Waals surface area contributed by atoms with Crippen LogP contribution in [0.2, 0.25) is 0 Å². The van der Waals surface area contributed by atoms with Crippen molar-refractivity contribution in [3.05, 3.63) is 76.1 Å². The van der Waals surface area contributed by atoms with Gasteiger partial charge in [-0.3, -0.25) is 4.79 Å². The van der Waals surface area contributed by atoms with Crippen LogP contribution in [0.25, 0.3) is 5.57 Å². The van der Waals surface area contributed by atoms with Gasteiger partial charge in [-0.05, 0) is 85.7 Å². The summed E-state index contributed by atoms with van der Waals surface area (Å²) in [7, 11) is 0. The highest BCUT2D eigenvalue weighted by atomic mass is 19.1. The Morgan fingerprint density at radius 3 is 2.51 bits per heavy atom. The van der Waals surface area contributed by atoms with Crippen LogP contribution in [0.3, 0.4) is 0 Å². The standard InChI is InChI=1S/C30H36FNO5/c1-7-12-36-27-11-8-20(25-15-24(29(34)35)26(31)16-30(25,5)6)14-21(27)17-32-28(33)23-10-9-22(13-19(23)4)37-18(2)3/h8-11,13-15,18H,7,12,16-17H2,1-6H3,(H,32,33)(H,34,35). The molecule has 3 rings (SSSR count). The predicted octanol–water partition coefficient (Wildman–Crippen LogP) is 6.62. The molecule has 0 unspecified atom stereocenters. The highest BCUT2D eigenvalue weighted by molar-refractivity contribution is 5.96. The first kappa shape index (κ1) is 28.0. The number of aliphatic carboxylic acids is 1. The molecule has 198 valence electrons. The van der Waals surface area contributed by atoms with Gasteiger partial charge in [0.25, 0.3) is 5.91 Å². The molecule has 1 amide bonds. The molecule has 0 aromatic heterocycles. The van der Waals surface area contributed by atoms with E-state index >= 15 is 0 Å². The Morgan fingerprint density at radius 2 is 1.89 bits per heavy atom. The van der Waals surface area contributed by atoms with Gasteiger partial charge in [0.2, 0.25) is 0 Å². The monoisotopic (exact) mass is 509 g/mol. The van der Waals surface area contributed by atoms with Crippen LogP contribution in [0.1, 0.15) is 74.5 Å². The molecule has 0 atom stereocenters. The van der Waals surface area contributed by atoms with Crippen LogP contribution in [0.4, 0.5) is 4.39 Å². The van der Waals surface area contributed by atoms with Crippen molar-refractivity contribution in [1.29, 1.82) is 0 Å². The van der Waals surface area contributed by atoms with Crippen molar-refractivity contribution in [2.45, 2.75) is 67.0 Å². The maximum absolute atomic E-state index is 14.4. The van der Waals surface area contributed by atoms with E-state index in [1.807, 2.05) is 65.8 Å². The molecule has 2 aromatic carbocycles. The summed E-state index contributed by atoms with van der Waals surface area (Å²) in [6.45, 7) is 12.3. The third-order valence-corrected chi connectivity index (χ3v) is 6.22. The number of allylic oxidation sites excluding steroid dienone is 2. The molecule has 0 saturated heterocycles. The van der Waals surface area contributed by atoms with E-state index in [1.54, 1.807) is 12.1 Å². The fourth-order valence-corrected chi connectivity index (χ4v) is 4.39. The maximum Gasteiger partial charge on any atom is 0.338 e. The van der Waals surface area contributed by atoms with Gasteiger partial charge < -0.3 is 19.9 Å². The number of hydrogen-bond acceptors (Lipinski definition) is 4. The molecule has 1 aliphatic rings. The number of carboxylic acids is 1. The maximum atomic E-state index is 14.4. The normalized spacial score (nSPS) is 14.9. The van der Waals surface area contributed by atoms with Gasteiger partial charge >= 0.3 is 5.97 Å². The zero-order valence-electron chi connectivity index (χ0n) is 22.4. The Balaban J connectivity index is 1.90. The van der Waals surface area contributed by atoms with Crippen LogP contribution < -0.4 is 14.8 Å². The second-order valence-electron chi connectivity index (χ2n) is 10.2. The van der Waals surface area contributed by atoms with Crippen molar-refractivity contribution in [2.24, 2.45) is 5.41 Å². The van der Waals surface area contributed by atoms with Crippen LogP contribution in [-0.2, 0) is 11.3 Å². The number of hydrogen-bond donors (Lipinski definition) is 2. The minimum atomic E-state index is -1.29. The Kier molecular flexibility index (Phi) is 8.79. The van der Waals surface area contributed by atoms with Crippen LogP contribution >= 0.6 is 0 Å². The topological polar surface area (TPSA) is 84.9 Å². The molecule has 0 aliphatic heterocycles. The van der Waals surface area contributed by atoms with Gasteiger partial charge in [-0.15, -0.1) is 0 Å². The molecule has 6 nitrogen and oxygen atoms in total. The van der Waals surface area contributed by atoms with Crippen molar-refractivity contribution in [1.82, 2.24) is 5.32 Å². The lowest BCUT2D eigenvalue weighted by atomic mass is 9.73. The van der Waals surface area contributed by atoms with Gasteiger partial charge in [-0.1, -0.05) is 26.8 Å². The number of amides is 1. The molecule has 0 saturated carbocycles. The van der Waals surface area contributed by atoms with Crippen molar-refractivity contribution in [3.63, 3.8) is 0 Å². The second kappa shape index (κ2) is 11.6. The molecule has 2 N–H and O–H groups in total. The Bertz CT molecular complexity index is 1240. The van der Waals surface area contributed by atoms with Gasteiger partial charge in [0, 0.05) is 24.1 Å². The van der Waals surface area contributed by atoms with E-state index in [4.69, 9.17) is 9.47 Å². The Morgan fingerprint density at radius 1 is 1.16 bits per heavy atom. The minimum absolute atomic E-state index is 0.00355. The average Bonchev–Trinajstić information content (AvgIpc) is 2.80. The number of carboxylic acid groups (broad SMARTS) is 1. The van der Waals surface area contributed by atoms with E-state index in [-0.39, 0.29) is 30.5 Å².